The maximum atomic E-state index is 12.0. The molecule has 0 heterocycles. The third kappa shape index (κ3) is 4.27. The molecule has 0 spiro atoms. The van der Waals surface area contributed by atoms with Gasteiger partial charge < -0.3 is 0 Å². The molecule has 0 aliphatic carbocycles. The highest BCUT2D eigenvalue weighted by molar-refractivity contribution is 7.99. The molecular formula is C15H12Cl2OS. The van der Waals surface area contributed by atoms with Crippen molar-refractivity contribution in [1.82, 2.24) is 0 Å². The molecule has 0 aliphatic heterocycles. The largest absolute Gasteiger partial charge is 0.293 e. The second kappa shape index (κ2) is 6.99. The van der Waals surface area contributed by atoms with E-state index in [9.17, 15) is 4.79 Å². The van der Waals surface area contributed by atoms with Crippen LogP contribution in [0.25, 0.3) is 0 Å². The van der Waals surface area contributed by atoms with Crippen LogP contribution in [0, 0.1) is 0 Å². The molecule has 19 heavy (non-hydrogen) atoms. The molecule has 98 valence electrons. The van der Waals surface area contributed by atoms with Gasteiger partial charge in [0.15, 0.2) is 5.78 Å². The lowest BCUT2D eigenvalue weighted by Crippen LogP contribution is -2.02. The number of rotatable bonds is 5. The van der Waals surface area contributed by atoms with E-state index in [0.29, 0.717) is 16.3 Å². The lowest BCUT2D eigenvalue weighted by Gasteiger charge is -2.04. The zero-order chi connectivity index (χ0) is 13.7. The van der Waals surface area contributed by atoms with Gasteiger partial charge in [-0.05, 0) is 23.8 Å². The predicted octanol–water partition coefficient (Wildman–Crippen LogP) is 5.11. The van der Waals surface area contributed by atoms with Crippen molar-refractivity contribution in [1.29, 1.82) is 0 Å². The number of benzene rings is 2. The van der Waals surface area contributed by atoms with Crippen LogP contribution in [0.3, 0.4) is 0 Å². The Balaban J connectivity index is 1.90. The Morgan fingerprint density at radius 3 is 2.58 bits per heavy atom. The van der Waals surface area contributed by atoms with E-state index in [2.05, 4.69) is 0 Å². The van der Waals surface area contributed by atoms with Crippen molar-refractivity contribution in [2.75, 3.05) is 5.75 Å². The predicted molar refractivity (Wildman–Crippen MR) is 83.4 cm³/mol. The monoisotopic (exact) mass is 310 g/mol. The molecule has 0 amide bonds. The first-order valence-electron chi connectivity index (χ1n) is 5.77. The number of hydrogen-bond donors (Lipinski definition) is 0. The van der Waals surface area contributed by atoms with E-state index in [1.165, 1.54) is 0 Å². The summed E-state index contributed by atoms with van der Waals surface area (Å²) < 4.78 is 0. The summed E-state index contributed by atoms with van der Waals surface area (Å²) >= 11 is 13.5. The zero-order valence-corrected chi connectivity index (χ0v) is 12.4. The summed E-state index contributed by atoms with van der Waals surface area (Å²) in [5, 5.41) is 1.33. The molecule has 0 unspecified atom stereocenters. The van der Waals surface area contributed by atoms with E-state index in [4.69, 9.17) is 23.2 Å². The Morgan fingerprint density at radius 1 is 1.05 bits per heavy atom. The van der Waals surface area contributed by atoms with Crippen molar-refractivity contribution >= 4 is 40.7 Å². The van der Waals surface area contributed by atoms with Crippen molar-refractivity contribution in [2.45, 2.75) is 5.75 Å². The van der Waals surface area contributed by atoms with Crippen LogP contribution in [0.2, 0.25) is 10.0 Å². The van der Waals surface area contributed by atoms with Crippen LogP contribution in [-0.2, 0) is 5.75 Å². The zero-order valence-electron chi connectivity index (χ0n) is 10.1. The third-order valence-corrected chi connectivity index (χ3v) is 4.18. The minimum absolute atomic E-state index is 0.0829. The fourth-order valence-electron chi connectivity index (χ4n) is 1.61. The second-order valence-corrected chi connectivity index (χ2v) is 5.85. The SMILES string of the molecule is O=C(CSCc1ccccc1Cl)c1cccc(Cl)c1. The molecule has 0 aromatic heterocycles. The molecule has 4 heteroatoms. The first-order valence-corrected chi connectivity index (χ1v) is 7.68. The second-order valence-electron chi connectivity index (χ2n) is 4.02. The van der Waals surface area contributed by atoms with Crippen LogP contribution in [0.4, 0.5) is 0 Å². The van der Waals surface area contributed by atoms with Crippen molar-refractivity contribution < 1.29 is 4.79 Å². The van der Waals surface area contributed by atoms with Crippen LogP contribution in [0.1, 0.15) is 15.9 Å². The summed E-state index contributed by atoms with van der Waals surface area (Å²) in [7, 11) is 0. The number of carbonyl (C=O) groups is 1. The average Bonchev–Trinajstić information content (AvgIpc) is 2.41. The lowest BCUT2D eigenvalue weighted by atomic mass is 10.1. The normalized spacial score (nSPS) is 10.4. The number of ketones is 1. The molecular weight excluding hydrogens is 299 g/mol. The van der Waals surface area contributed by atoms with Gasteiger partial charge in [0.1, 0.15) is 0 Å². The van der Waals surface area contributed by atoms with E-state index >= 15 is 0 Å². The molecule has 0 bridgehead atoms. The van der Waals surface area contributed by atoms with Gasteiger partial charge in [-0.3, -0.25) is 4.79 Å². The van der Waals surface area contributed by atoms with Gasteiger partial charge in [0, 0.05) is 21.4 Å². The fraction of sp³-hybridized carbons (Fsp3) is 0.133. The van der Waals surface area contributed by atoms with Gasteiger partial charge in [0.2, 0.25) is 0 Å². The molecule has 0 saturated carbocycles. The Bertz CT molecular complexity index is 584. The van der Waals surface area contributed by atoms with Crippen molar-refractivity contribution in [3.05, 3.63) is 69.7 Å². The molecule has 0 fully saturated rings. The standard InChI is InChI=1S/C15H12Cl2OS/c16-13-6-3-5-11(8-13)15(18)10-19-9-12-4-1-2-7-14(12)17/h1-8H,9-10H2. The number of Topliss-reactive ketones (excluding diaryl/α,β-unsaturated/α-hetero) is 1. The summed E-state index contributed by atoms with van der Waals surface area (Å²) in [5.74, 6) is 1.23. The van der Waals surface area contributed by atoms with Gasteiger partial charge in [-0.15, -0.1) is 11.8 Å². The molecule has 0 atom stereocenters. The van der Waals surface area contributed by atoms with Gasteiger partial charge in [0.05, 0.1) is 5.75 Å². The maximum absolute atomic E-state index is 12.0. The van der Waals surface area contributed by atoms with Gasteiger partial charge in [-0.2, -0.15) is 0 Å². The highest BCUT2D eigenvalue weighted by atomic mass is 35.5. The summed E-state index contributed by atoms with van der Waals surface area (Å²) in [4.78, 5) is 12.0. The first-order chi connectivity index (χ1) is 9.16. The lowest BCUT2D eigenvalue weighted by molar-refractivity contribution is 0.102. The maximum Gasteiger partial charge on any atom is 0.172 e. The highest BCUT2D eigenvalue weighted by Gasteiger charge is 2.07. The number of carbonyl (C=O) groups excluding carboxylic acids is 1. The van der Waals surface area contributed by atoms with Gasteiger partial charge in [-0.1, -0.05) is 53.5 Å². The van der Waals surface area contributed by atoms with Crippen LogP contribution in [0.15, 0.2) is 48.5 Å². The van der Waals surface area contributed by atoms with Crippen molar-refractivity contribution in [2.24, 2.45) is 0 Å². The molecule has 2 aromatic carbocycles. The molecule has 1 nitrogen and oxygen atoms in total. The van der Waals surface area contributed by atoms with Crippen molar-refractivity contribution in [3.8, 4) is 0 Å². The highest BCUT2D eigenvalue weighted by Crippen LogP contribution is 2.21. The van der Waals surface area contributed by atoms with Crippen LogP contribution >= 0.6 is 35.0 Å². The van der Waals surface area contributed by atoms with Gasteiger partial charge >= 0.3 is 0 Å². The van der Waals surface area contributed by atoms with Gasteiger partial charge in [-0.25, -0.2) is 0 Å². The van der Waals surface area contributed by atoms with E-state index in [1.54, 1.807) is 36.0 Å². The van der Waals surface area contributed by atoms with E-state index in [0.717, 1.165) is 16.3 Å². The topological polar surface area (TPSA) is 17.1 Å². The number of thioether (sulfide) groups is 1. The molecule has 0 N–H and O–H groups in total. The van der Waals surface area contributed by atoms with Crippen LogP contribution < -0.4 is 0 Å². The minimum Gasteiger partial charge on any atom is -0.293 e. The van der Waals surface area contributed by atoms with E-state index in [-0.39, 0.29) is 5.78 Å². The third-order valence-electron chi connectivity index (χ3n) is 2.60. The molecule has 2 rings (SSSR count). The van der Waals surface area contributed by atoms with E-state index in [1.807, 2.05) is 24.3 Å². The summed E-state index contributed by atoms with van der Waals surface area (Å²) in [6.45, 7) is 0. The molecule has 2 aromatic rings. The van der Waals surface area contributed by atoms with Crippen molar-refractivity contribution in [3.63, 3.8) is 0 Å². The summed E-state index contributed by atoms with van der Waals surface area (Å²) in [5.41, 5.74) is 1.70. The number of halogens is 2. The Hall–Kier alpha value is -0.960. The van der Waals surface area contributed by atoms with Crippen LogP contribution in [-0.4, -0.2) is 11.5 Å². The Kier molecular flexibility index (Phi) is 5.32. The number of hydrogen-bond acceptors (Lipinski definition) is 2. The van der Waals surface area contributed by atoms with Crippen LogP contribution in [0.5, 0.6) is 0 Å². The summed E-state index contributed by atoms with van der Waals surface area (Å²) in [6, 6.07) is 14.7. The first kappa shape index (κ1) is 14.4. The average molecular weight is 311 g/mol. The quantitative estimate of drug-likeness (QED) is 0.714. The Morgan fingerprint density at radius 2 is 1.84 bits per heavy atom. The fourth-order valence-corrected chi connectivity index (χ4v) is 3.01. The van der Waals surface area contributed by atoms with E-state index < -0.39 is 0 Å². The molecule has 0 aliphatic rings. The minimum atomic E-state index is 0.0829. The van der Waals surface area contributed by atoms with Gasteiger partial charge in [0.25, 0.3) is 0 Å². The molecule has 0 saturated heterocycles. The smallest absolute Gasteiger partial charge is 0.172 e. The summed E-state index contributed by atoms with van der Waals surface area (Å²) in [6.07, 6.45) is 0. The molecule has 0 radical (unpaired) electrons. The Labute approximate surface area is 126 Å².